The number of alkyl halides is 3. The van der Waals surface area contributed by atoms with Gasteiger partial charge in [0.05, 0.1) is 19.2 Å². The number of aliphatic hydroxyl groups is 1. The largest absolute Gasteiger partial charge is 0.508 e. The number of amides is 7. The molecular formula is C42H51F3N8O12. The number of likely N-dealkylation sites (tertiary alicyclic amines) is 1. The summed E-state index contributed by atoms with van der Waals surface area (Å²) in [5, 5.41) is 48.5. The topological polar surface area (TPSA) is 333 Å². The summed E-state index contributed by atoms with van der Waals surface area (Å²) in [5.74, 6) is -7.83. The average molecular weight is 917 g/mol. The van der Waals surface area contributed by atoms with Crippen LogP contribution >= 0.6 is 0 Å². The van der Waals surface area contributed by atoms with Gasteiger partial charge in [-0.15, -0.1) is 0 Å². The number of phenols is 2. The standard InChI is InChI=1S/C40H50N8O10.C2HF3O2/c1-23(44-37(55)29(41)18-25-9-13-27(50)14-10-25)36(54)46-30(19-24-6-3-2-4-7-24)38(56)43-21-34(52)45-31(20-26-11-15-28(51)16-12-26)40(58)48-17-5-8-33(48)39(57)47-32(22-49)35(42)53;3-2(4,5)1(6)7/h2-4,6-7,9-16,23,29-33,49-51H,5,8,17-22,41H2,1H3,(H2,42,53)(H,43,56)(H,44,55)(H,45,52)(H,46,54)(H,47,57);(H,6,7). The van der Waals surface area contributed by atoms with Crippen molar-refractivity contribution < 1.29 is 72.0 Å². The number of hydrogen-bond donors (Lipinski definition) is 11. The first-order chi connectivity index (χ1) is 30.6. The first-order valence-corrected chi connectivity index (χ1v) is 19.9. The number of benzene rings is 3. The molecule has 1 saturated heterocycles. The van der Waals surface area contributed by atoms with Gasteiger partial charge in [-0.2, -0.15) is 13.2 Å². The van der Waals surface area contributed by atoms with E-state index in [0.717, 1.165) is 0 Å². The number of carboxylic acids is 1. The Bertz CT molecular complexity index is 2130. The van der Waals surface area contributed by atoms with E-state index in [1.165, 1.54) is 36.1 Å². The predicted octanol–water partition coefficient (Wildman–Crippen LogP) is -1.37. The number of aliphatic carboxylic acids is 1. The summed E-state index contributed by atoms with van der Waals surface area (Å²) in [6.45, 7) is 0.225. The fourth-order valence-electron chi connectivity index (χ4n) is 6.30. The summed E-state index contributed by atoms with van der Waals surface area (Å²) >= 11 is 0. The molecule has 23 heteroatoms. The van der Waals surface area contributed by atoms with Crippen molar-refractivity contribution in [2.45, 2.75) is 81.5 Å². The van der Waals surface area contributed by atoms with Gasteiger partial charge < -0.3 is 63.4 Å². The molecule has 3 aromatic rings. The van der Waals surface area contributed by atoms with Gasteiger partial charge in [-0.1, -0.05) is 54.6 Å². The second-order valence-corrected chi connectivity index (χ2v) is 14.8. The van der Waals surface area contributed by atoms with Crippen molar-refractivity contribution in [3.63, 3.8) is 0 Å². The SMILES string of the molecule is CC(NC(=O)C(N)Cc1ccc(O)cc1)C(=O)NC(Cc1ccccc1)C(=O)NCC(=O)NC(Cc1ccc(O)cc1)C(=O)N1CCCC1C(=O)NC(CO)C(N)=O.O=C(O)C(F)(F)F. The van der Waals surface area contributed by atoms with Gasteiger partial charge in [0, 0.05) is 19.4 Å². The Morgan fingerprint density at radius 2 is 1.25 bits per heavy atom. The number of aliphatic hydroxyl groups excluding tert-OH is 1. The number of aromatic hydroxyl groups is 2. The molecule has 7 amide bonds. The minimum Gasteiger partial charge on any atom is -0.508 e. The van der Waals surface area contributed by atoms with Crippen molar-refractivity contribution in [2.75, 3.05) is 19.7 Å². The molecule has 0 aliphatic carbocycles. The fraction of sp³-hybridized carbons (Fsp3) is 0.381. The molecule has 0 bridgehead atoms. The Kier molecular flexibility index (Phi) is 19.7. The van der Waals surface area contributed by atoms with E-state index in [-0.39, 0.29) is 43.7 Å². The van der Waals surface area contributed by atoms with E-state index in [9.17, 15) is 62.1 Å². The minimum absolute atomic E-state index is 0.0222. The van der Waals surface area contributed by atoms with E-state index in [1.807, 2.05) is 0 Å². The monoisotopic (exact) mass is 916 g/mol. The first kappa shape index (κ1) is 52.1. The third-order valence-electron chi connectivity index (χ3n) is 9.75. The zero-order valence-electron chi connectivity index (χ0n) is 34.9. The summed E-state index contributed by atoms with van der Waals surface area (Å²) in [6.07, 6.45) is -4.30. The highest BCUT2D eigenvalue weighted by molar-refractivity contribution is 5.96. The fourth-order valence-corrected chi connectivity index (χ4v) is 6.30. The summed E-state index contributed by atoms with van der Waals surface area (Å²) in [5.41, 5.74) is 13.2. The number of nitrogens with two attached hydrogens (primary N) is 2. The number of halogens is 3. The molecule has 1 aliphatic heterocycles. The van der Waals surface area contributed by atoms with Gasteiger partial charge in [-0.3, -0.25) is 33.6 Å². The molecule has 1 aliphatic rings. The van der Waals surface area contributed by atoms with Crippen LogP contribution in [0.15, 0.2) is 78.9 Å². The van der Waals surface area contributed by atoms with Crippen molar-refractivity contribution in [1.82, 2.24) is 31.5 Å². The molecule has 6 atom stereocenters. The lowest BCUT2D eigenvalue weighted by Gasteiger charge is -2.29. The van der Waals surface area contributed by atoms with Gasteiger partial charge in [0.25, 0.3) is 0 Å². The van der Waals surface area contributed by atoms with Crippen molar-refractivity contribution in [3.05, 3.63) is 95.6 Å². The Labute approximate surface area is 369 Å². The zero-order valence-corrected chi connectivity index (χ0v) is 34.9. The van der Waals surface area contributed by atoms with Gasteiger partial charge in [0.15, 0.2) is 0 Å². The lowest BCUT2D eigenvalue weighted by Crippen LogP contribution is -2.58. The van der Waals surface area contributed by atoms with Crippen molar-refractivity contribution in [3.8, 4) is 11.5 Å². The second-order valence-electron chi connectivity index (χ2n) is 14.8. The van der Waals surface area contributed by atoms with Crippen molar-refractivity contribution in [2.24, 2.45) is 11.5 Å². The second kappa shape index (κ2) is 24.5. The number of nitrogens with zero attached hydrogens (tertiary/aromatic N) is 1. The number of carbonyl (C=O) groups is 8. The predicted molar refractivity (Wildman–Crippen MR) is 223 cm³/mol. The highest BCUT2D eigenvalue weighted by Crippen LogP contribution is 2.21. The van der Waals surface area contributed by atoms with Crippen LogP contribution in [-0.4, -0.2) is 135 Å². The summed E-state index contributed by atoms with van der Waals surface area (Å²) < 4.78 is 31.7. The molecule has 0 saturated carbocycles. The van der Waals surface area contributed by atoms with Crippen LogP contribution in [0.25, 0.3) is 0 Å². The van der Waals surface area contributed by atoms with Crippen LogP contribution in [-0.2, 0) is 57.6 Å². The molecule has 6 unspecified atom stereocenters. The number of phenolic OH excluding ortho intramolecular Hbond substituents is 2. The van der Waals surface area contributed by atoms with Gasteiger partial charge in [-0.25, -0.2) is 4.79 Å². The minimum atomic E-state index is -5.08. The number of carbonyl (C=O) groups excluding carboxylic acids is 7. The van der Waals surface area contributed by atoms with Crippen LogP contribution in [0.5, 0.6) is 11.5 Å². The van der Waals surface area contributed by atoms with E-state index >= 15 is 0 Å². The summed E-state index contributed by atoms with van der Waals surface area (Å²) in [7, 11) is 0. The molecule has 352 valence electrons. The van der Waals surface area contributed by atoms with Gasteiger partial charge >= 0.3 is 12.1 Å². The molecule has 13 N–H and O–H groups in total. The van der Waals surface area contributed by atoms with Crippen LogP contribution < -0.4 is 38.1 Å². The number of hydrogen-bond acceptors (Lipinski definition) is 12. The third kappa shape index (κ3) is 17.1. The van der Waals surface area contributed by atoms with Crippen molar-refractivity contribution in [1.29, 1.82) is 0 Å². The molecule has 1 fully saturated rings. The van der Waals surface area contributed by atoms with E-state index < -0.39 is 103 Å². The highest BCUT2D eigenvalue weighted by atomic mass is 19.4. The maximum absolute atomic E-state index is 14.0. The van der Waals surface area contributed by atoms with Crippen molar-refractivity contribution >= 4 is 47.3 Å². The Hall–Kier alpha value is -7.27. The quantitative estimate of drug-likeness (QED) is 0.0662. The average Bonchev–Trinajstić information content (AvgIpc) is 3.76. The van der Waals surface area contributed by atoms with Crippen LogP contribution in [0.4, 0.5) is 13.2 Å². The molecule has 0 spiro atoms. The molecule has 20 nitrogen and oxygen atoms in total. The maximum atomic E-state index is 14.0. The van der Waals surface area contributed by atoms with Crippen LogP contribution in [0.3, 0.4) is 0 Å². The van der Waals surface area contributed by atoms with E-state index in [2.05, 4.69) is 26.6 Å². The normalized spacial score (nSPS) is 15.6. The molecule has 0 radical (unpaired) electrons. The molecular weight excluding hydrogens is 866 g/mol. The summed E-state index contributed by atoms with van der Waals surface area (Å²) in [4.78, 5) is 102. The van der Waals surface area contributed by atoms with E-state index in [4.69, 9.17) is 21.4 Å². The van der Waals surface area contributed by atoms with Crippen LogP contribution in [0.1, 0.15) is 36.5 Å². The van der Waals surface area contributed by atoms with Gasteiger partial charge in [-0.05, 0) is 67.1 Å². The third-order valence-corrected chi connectivity index (χ3v) is 9.75. The Morgan fingerprint density at radius 3 is 1.77 bits per heavy atom. The number of carboxylic acid groups (broad SMARTS) is 1. The number of primary amides is 1. The van der Waals surface area contributed by atoms with E-state index in [1.54, 1.807) is 54.6 Å². The molecule has 1 heterocycles. The Morgan fingerprint density at radius 1 is 0.723 bits per heavy atom. The Balaban J connectivity index is 0.00000148. The lowest BCUT2D eigenvalue weighted by molar-refractivity contribution is -0.192. The number of rotatable bonds is 19. The summed E-state index contributed by atoms with van der Waals surface area (Å²) in [6, 6.07) is 13.9. The van der Waals surface area contributed by atoms with Crippen LogP contribution in [0, 0.1) is 0 Å². The van der Waals surface area contributed by atoms with E-state index in [0.29, 0.717) is 23.1 Å². The smallest absolute Gasteiger partial charge is 0.490 e. The van der Waals surface area contributed by atoms with Gasteiger partial charge in [0.1, 0.15) is 41.7 Å². The van der Waals surface area contributed by atoms with Crippen LogP contribution in [0.2, 0.25) is 0 Å². The molecule has 3 aromatic carbocycles. The maximum Gasteiger partial charge on any atom is 0.490 e. The zero-order chi connectivity index (χ0) is 48.4. The molecule has 0 aromatic heterocycles. The first-order valence-electron chi connectivity index (χ1n) is 19.9. The number of nitrogens with one attached hydrogen (secondary N) is 5. The highest BCUT2D eigenvalue weighted by Gasteiger charge is 2.39. The molecule has 4 rings (SSSR count). The molecule has 65 heavy (non-hydrogen) atoms. The lowest BCUT2D eigenvalue weighted by atomic mass is 10.0. The van der Waals surface area contributed by atoms with Gasteiger partial charge in [0.2, 0.25) is 41.4 Å².